The van der Waals surface area contributed by atoms with Gasteiger partial charge in [-0.15, -0.1) is 0 Å². The fourth-order valence-corrected chi connectivity index (χ4v) is 4.68. The Kier molecular flexibility index (Phi) is 10.8. The summed E-state index contributed by atoms with van der Waals surface area (Å²) in [5.41, 5.74) is 11.1. The van der Waals surface area contributed by atoms with Gasteiger partial charge in [-0.1, -0.05) is 56.7 Å². The number of allylic oxidation sites excluding steroid dienone is 4. The molecule has 0 radical (unpaired) electrons. The van der Waals surface area contributed by atoms with E-state index < -0.39 is 17.8 Å². The molecule has 2 amide bonds. The maximum Gasteiger partial charge on any atom is 0.322 e. The minimum atomic E-state index is -0.739. The van der Waals surface area contributed by atoms with E-state index in [1.807, 2.05) is 13.0 Å². The topological polar surface area (TPSA) is 61.6 Å². The number of rotatable bonds is 11. The van der Waals surface area contributed by atoms with E-state index in [2.05, 4.69) is 29.8 Å². The van der Waals surface area contributed by atoms with Crippen LogP contribution in [-0.4, -0.2) is 54.7 Å². The first-order chi connectivity index (χ1) is 18.6. The van der Waals surface area contributed by atoms with Gasteiger partial charge in [-0.25, -0.2) is 18.0 Å². The number of halogens is 3. The summed E-state index contributed by atoms with van der Waals surface area (Å²) in [6, 6.07) is 3.12. The van der Waals surface area contributed by atoms with E-state index in [0.29, 0.717) is 49.6 Å². The quantitative estimate of drug-likeness (QED) is 0.320. The van der Waals surface area contributed by atoms with Gasteiger partial charge in [0, 0.05) is 44.4 Å². The van der Waals surface area contributed by atoms with E-state index in [1.165, 1.54) is 17.7 Å². The second-order valence-corrected chi connectivity index (χ2v) is 10.0. The number of hydrogen-bond acceptors (Lipinski definition) is 3. The number of likely N-dealkylation sites (tertiary alicyclic amines) is 1. The standard InChI is InChI=1S/C31H39F3N4O/c1-5-8-22(16-37-19-26(33)20-37)14-24-18-38(17-23(24)7-3)31(39)36-30(9-6-2)29(35)13-10-21(4)27-12-11-25(32)15-28(27)34/h7,9-15,26H,3,5-6,8,16-20,35H2,1-2,4H3,(H,36,39)/b21-10+,22-14+,29-13+,30-9-. The van der Waals surface area contributed by atoms with Gasteiger partial charge >= 0.3 is 6.03 Å². The molecule has 0 atom stereocenters. The molecule has 1 fully saturated rings. The predicted molar refractivity (Wildman–Crippen MR) is 152 cm³/mol. The lowest BCUT2D eigenvalue weighted by molar-refractivity contribution is 0.0740. The number of benzene rings is 1. The molecular formula is C31H39F3N4O. The molecule has 1 aromatic carbocycles. The van der Waals surface area contributed by atoms with E-state index >= 15 is 0 Å². The van der Waals surface area contributed by atoms with Crippen molar-refractivity contribution < 1.29 is 18.0 Å². The Morgan fingerprint density at radius 2 is 1.90 bits per heavy atom. The van der Waals surface area contributed by atoms with Crippen LogP contribution in [0.25, 0.3) is 5.57 Å². The van der Waals surface area contributed by atoms with Gasteiger partial charge in [0.15, 0.2) is 0 Å². The van der Waals surface area contributed by atoms with Gasteiger partial charge < -0.3 is 16.0 Å². The van der Waals surface area contributed by atoms with Crippen LogP contribution in [0.1, 0.15) is 45.6 Å². The van der Waals surface area contributed by atoms with Crippen molar-refractivity contribution in [3.8, 4) is 0 Å². The summed E-state index contributed by atoms with van der Waals surface area (Å²) in [4.78, 5) is 17.0. The third kappa shape index (κ3) is 8.23. The first-order valence-corrected chi connectivity index (χ1v) is 13.4. The van der Waals surface area contributed by atoms with Gasteiger partial charge in [0.25, 0.3) is 0 Å². The average Bonchev–Trinajstić information content (AvgIpc) is 3.29. The van der Waals surface area contributed by atoms with Crippen molar-refractivity contribution in [2.75, 3.05) is 32.7 Å². The smallest absolute Gasteiger partial charge is 0.322 e. The third-order valence-corrected chi connectivity index (χ3v) is 6.79. The van der Waals surface area contributed by atoms with E-state index in [0.717, 1.165) is 36.6 Å². The molecule has 0 saturated carbocycles. The number of amides is 2. The van der Waals surface area contributed by atoms with Crippen molar-refractivity contribution in [1.82, 2.24) is 15.1 Å². The maximum absolute atomic E-state index is 14.1. The van der Waals surface area contributed by atoms with E-state index in [1.54, 1.807) is 30.1 Å². The van der Waals surface area contributed by atoms with Crippen LogP contribution < -0.4 is 11.1 Å². The van der Waals surface area contributed by atoms with Crippen LogP contribution in [-0.2, 0) is 0 Å². The van der Waals surface area contributed by atoms with Crippen molar-refractivity contribution in [2.45, 2.75) is 46.2 Å². The zero-order valence-corrected chi connectivity index (χ0v) is 23.1. The van der Waals surface area contributed by atoms with Gasteiger partial charge in [0.1, 0.15) is 17.8 Å². The monoisotopic (exact) mass is 540 g/mol. The maximum atomic E-state index is 14.1. The fraction of sp³-hybridized carbons (Fsp3) is 0.387. The lowest BCUT2D eigenvalue weighted by Gasteiger charge is -2.35. The molecule has 3 rings (SSSR count). The van der Waals surface area contributed by atoms with Gasteiger partial charge in [-0.2, -0.15) is 0 Å². The van der Waals surface area contributed by atoms with Crippen molar-refractivity contribution in [3.63, 3.8) is 0 Å². The number of carbonyl (C=O) groups excluding carboxylic acids is 1. The summed E-state index contributed by atoms with van der Waals surface area (Å²) >= 11 is 0. The molecule has 8 heteroatoms. The third-order valence-electron chi connectivity index (χ3n) is 6.79. The SMILES string of the molecule is C=CC1=C(/C=C(\CCC)CN2CC(F)C2)CN(C(=O)NC(=C\CC)/C(N)=C\C=C(/C)c2ccc(F)cc2F)C1. The molecule has 0 spiro atoms. The van der Waals surface area contributed by atoms with Crippen molar-refractivity contribution in [2.24, 2.45) is 5.73 Å². The van der Waals surface area contributed by atoms with Crippen LogP contribution >= 0.6 is 0 Å². The summed E-state index contributed by atoms with van der Waals surface area (Å²) in [6.07, 6.45) is 10.8. The van der Waals surface area contributed by atoms with Crippen LogP contribution in [0.4, 0.5) is 18.0 Å². The number of nitrogens with one attached hydrogen (secondary N) is 1. The zero-order valence-electron chi connectivity index (χ0n) is 23.1. The Bertz CT molecular complexity index is 1220. The molecule has 3 N–H and O–H groups in total. The average molecular weight is 541 g/mol. The highest BCUT2D eigenvalue weighted by molar-refractivity contribution is 5.79. The minimum Gasteiger partial charge on any atom is -0.397 e. The highest BCUT2D eigenvalue weighted by atomic mass is 19.1. The molecule has 210 valence electrons. The fourth-order valence-electron chi connectivity index (χ4n) is 4.68. The molecule has 0 aromatic heterocycles. The van der Waals surface area contributed by atoms with Crippen LogP contribution in [0.5, 0.6) is 0 Å². The van der Waals surface area contributed by atoms with Crippen LogP contribution in [0, 0.1) is 11.6 Å². The molecule has 2 heterocycles. The molecule has 1 saturated heterocycles. The summed E-state index contributed by atoms with van der Waals surface area (Å²) in [7, 11) is 0. The number of nitrogens with zero attached hydrogens (tertiary/aromatic N) is 2. The molecule has 2 aliphatic heterocycles. The lowest BCUT2D eigenvalue weighted by Crippen LogP contribution is -2.48. The number of alkyl halides is 1. The highest BCUT2D eigenvalue weighted by Gasteiger charge is 2.28. The van der Waals surface area contributed by atoms with Gasteiger partial charge in [-0.3, -0.25) is 4.90 Å². The molecule has 0 unspecified atom stereocenters. The van der Waals surface area contributed by atoms with E-state index in [-0.39, 0.29) is 11.6 Å². The molecule has 39 heavy (non-hydrogen) atoms. The largest absolute Gasteiger partial charge is 0.397 e. The highest BCUT2D eigenvalue weighted by Crippen LogP contribution is 2.24. The lowest BCUT2D eigenvalue weighted by atomic mass is 10.0. The Labute approximate surface area is 229 Å². The van der Waals surface area contributed by atoms with E-state index in [4.69, 9.17) is 5.73 Å². The van der Waals surface area contributed by atoms with Crippen molar-refractivity contribution >= 4 is 11.6 Å². The van der Waals surface area contributed by atoms with Gasteiger partial charge in [0.2, 0.25) is 0 Å². The Balaban J connectivity index is 1.70. The van der Waals surface area contributed by atoms with Gasteiger partial charge in [-0.05, 0) is 54.7 Å². The Morgan fingerprint density at radius 3 is 2.51 bits per heavy atom. The summed E-state index contributed by atoms with van der Waals surface area (Å²) in [5.74, 6) is -1.30. The number of hydrogen-bond donors (Lipinski definition) is 2. The molecule has 5 nitrogen and oxygen atoms in total. The van der Waals surface area contributed by atoms with Crippen molar-refractivity contribution in [3.05, 3.63) is 100 Å². The first-order valence-electron chi connectivity index (χ1n) is 13.4. The minimum absolute atomic E-state index is 0.271. The van der Waals surface area contributed by atoms with Gasteiger partial charge in [0.05, 0.1) is 11.4 Å². The molecule has 2 aliphatic rings. The predicted octanol–water partition coefficient (Wildman–Crippen LogP) is 6.39. The molecule has 1 aromatic rings. The number of urea groups is 1. The Morgan fingerprint density at radius 1 is 1.18 bits per heavy atom. The Hall–Kier alpha value is -3.52. The number of carbonyl (C=O) groups is 1. The molecular weight excluding hydrogens is 501 g/mol. The molecule has 0 bridgehead atoms. The van der Waals surface area contributed by atoms with Crippen LogP contribution in [0.2, 0.25) is 0 Å². The second kappa shape index (κ2) is 14.0. The normalized spacial score (nSPS) is 18.1. The number of nitrogens with two attached hydrogens (primary N) is 1. The molecule has 0 aliphatic carbocycles. The van der Waals surface area contributed by atoms with Crippen molar-refractivity contribution in [1.29, 1.82) is 0 Å². The zero-order chi connectivity index (χ0) is 28.5. The van der Waals surface area contributed by atoms with Crippen LogP contribution in [0.3, 0.4) is 0 Å². The first kappa shape index (κ1) is 30.0. The second-order valence-electron chi connectivity index (χ2n) is 10.0. The van der Waals surface area contributed by atoms with Crippen LogP contribution in [0.15, 0.2) is 83.3 Å². The van der Waals surface area contributed by atoms with E-state index in [9.17, 15) is 18.0 Å². The summed E-state index contributed by atoms with van der Waals surface area (Å²) in [6.45, 7) is 12.2. The summed E-state index contributed by atoms with van der Waals surface area (Å²) < 4.78 is 40.7. The summed E-state index contributed by atoms with van der Waals surface area (Å²) in [5, 5.41) is 2.91.